The van der Waals surface area contributed by atoms with Crippen LogP contribution in [0.3, 0.4) is 0 Å². The van der Waals surface area contributed by atoms with Gasteiger partial charge in [0.1, 0.15) is 0 Å². The monoisotopic (exact) mass is 136 g/mol. The smallest absolute Gasteiger partial charge is 0.299 e. The first-order chi connectivity index (χ1) is 4.88. The summed E-state index contributed by atoms with van der Waals surface area (Å²) in [5.74, 6) is 0. The molecule has 0 aliphatic rings. The lowest BCUT2D eigenvalue weighted by molar-refractivity contribution is -0.345. The third-order valence-corrected chi connectivity index (χ3v) is 1.41. The normalized spacial score (nSPS) is 10.4. The number of imidazole rings is 1. The molecule has 0 bridgehead atoms. The first-order valence-electron chi connectivity index (χ1n) is 2.94. The minimum atomic E-state index is -0.0984. The average Bonchev–Trinajstić information content (AvgIpc) is 2.36. The van der Waals surface area contributed by atoms with E-state index in [1.807, 2.05) is 0 Å². The number of hydrogen-bond acceptors (Lipinski definition) is 1. The van der Waals surface area contributed by atoms with E-state index < -0.39 is 0 Å². The highest BCUT2D eigenvalue weighted by atomic mass is 16.1. The second-order valence-corrected chi connectivity index (χ2v) is 2.03. The molecule has 2 heterocycles. The Labute approximate surface area is 55.9 Å². The molecule has 50 valence electrons. The third kappa shape index (κ3) is 0.556. The maximum atomic E-state index is 10.9. The molecular weight excluding hydrogens is 130 g/mol. The van der Waals surface area contributed by atoms with Crippen molar-refractivity contribution in [2.24, 2.45) is 0 Å². The minimum absolute atomic E-state index is 0.0984. The SMILES string of the molecule is O=c1[nH]ccc2[nH]c[nH+]c12. The molecule has 0 spiro atoms. The summed E-state index contributed by atoms with van der Waals surface area (Å²) in [6.45, 7) is 0. The fraction of sp³-hybridized carbons (Fsp3) is 0. The molecule has 0 saturated carbocycles. The van der Waals surface area contributed by atoms with Crippen LogP contribution in [0, 0.1) is 0 Å². The van der Waals surface area contributed by atoms with Gasteiger partial charge >= 0.3 is 0 Å². The van der Waals surface area contributed by atoms with Crippen molar-refractivity contribution in [1.29, 1.82) is 0 Å². The Balaban J connectivity index is 3.09. The van der Waals surface area contributed by atoms with Gasteiger partial charge in [-0.15, -0.1) is 0 Å². The van der Waals surface area contributed by atoms with E-state index >= 15 is 0 Å². The predicted octanol–water partition coefficient (Wildman–Crippen LogP) is -0.330. The van der Waals surface area contributed by atoms with E-state index in [2.05, 4.69) is 15.0 Å². The van der Waals surface area contributed by atoms with E-state index in [0.717, 1.165) is 5.52 Å². The first-order valence-corrected chi connectivity index (χ1v) is 2.94. The summed E-state index contributed by atoms with van der Waals surface area (Å²) in [4.78, 5) is 19.2. The van der Waals surface area contributed by atoms with Crippen LogP contribution < -0.4 is 10.5 Å². The number of pyridine rings is 1. The lowest BCUT2D eigenvalue weighted by Gasteiger charge is -1.77. The lowest BCUT2D eigenvalue weighted by Crippen LogP contribution is -2.12. The predicted molar refractivity (Wildman–Crippen MR) is 35.5 cm³/mol. The topological polar surface area (TPSA) is 62.8 Å². The molecule has 0 unspecified atom stereocenters. The van der Waals surface area contributed by atoms with Crippen LogP contribution in [0.4, 0.5) is 0 Å². The van der Waals surface area contributed by atoms with Crippen molar-refractivity contribution in [3.63, 3.8) is 0 Å². The van der Waals surface area contributed by atoms with Gasteiger partial charge in [-0.3, -0.25) is 4.79 Å². The summed E-state index contributed by atoms with van der Waals surface area (Å²) in [7, 11) is 0. The van der Waals surface area contributed by atoms with Crippen LogP contribution in [-0.2, 0) is 0 Å². The highest BCUT2D eigenvalue weighted by molar-refractivity contribution is 5.68. The van der Waals surface area contributed by atoms with Crippen LogP contribution in [0.2, 0.25) is 0 Å². The van der Waals surface area contributed by atoms with E-state index in [1.165, 1.54) is 0 Å². The van der Waals surface area contributed by atoms with Gasteiger partial charge in [0.15, 0.2) is 5.52 Å². The van der Waals surface area contributed by atoms with Gasteiger partial charge in [-0.05, 0) is 0 Å². The van der Waals surface area contributed by atoms with Crippen molar-refractivity contribution in [3.05, 3.63) is 28.9 Å². The van der Waals surface area contributed by atoms with Crippen LogP contribution in [-0.4, -0.2) is 9.97 Å². The molecule has 0 aliphatic heterocycles. The van der Waals surface area contributed by atoms with Gasteiger partial charge in [0, 0.05) is 12.3 Å². The molecule has 4 heteroatoms. The first kappa shape index (κ1) is 5.22. The number of H-pyrrole nitrogens is 3. The van der Waals surface area contributed by atoms with E-state index in [-0.39, 0.29) is 5.56 Å². The van der Waals surface area contributed by atoms with Crippen molar-refractivity contribution in [2.75, 3.05) is 0 Å². The quantitative estimate of drug-likeness (QED) is 0.511. The number of fused-ring (bicyclic) bond motifs is 1. The molecule has 3 N–H and O–H groups in total. The van der Waals surface area contributed by atoms with Crippen molar-refractivity contribution in [2.45, 2.75) is 0 Å². The van der Waals surface area contributed by atoms with Gasteiger partial charge in [0.2, 0.25) is 11.8 Å². The van der Waals surface area contributed by atoms with Crippen LogP contribution in [0.5, 0.6) is 0 Å². The zero-order valence-electron chi connectivity index (χ0n) is 5.14. The van der Waals surface area contributed by atoms with Gasteiger partial charge in [-0.2, -0.15) is 0 Å². The molecule has 10 heavy (non-hydrogen) atoms. The fourth-order valence-corrected chi connectivity index (χ4v) is 0.928. The molecule has 2 aromatic rings. The molecule has 0 atom stereocenters. The fourth-order valence-electron chi connectivity index (χ4n) is 0.928. The number of rotatable bonds is 0. The summed E-state index contributed by atoms with van der Waals surface area (Å²) >= 11 is 0. The van der Waals surface area contributed by atoms with E-state index in [9.17, 15) is 4.79 Å². The number of aromatic nitrogens is 3. The zero-order chi connectivity index (χ0) is 6.97. The summed E-state index contributed by atoms with van der Waals surface area (Å²) in [6.07, 6.45) is 3.23. The third-order valence-electron chi connectivity index (χ3n) is 1.41. The highest BCUT2D eigenvalue weighted by Gasteiger charge is 2.02. The second-order valence-electron chi connectivity index (χ2n) is 2.03. The van der Waals surface area contributed by atoms with Crippen molar-refractivity contribution in [1.82, 2.24) is 9.97 Å². The lowest BCUT2D eigenvalue weighted by atomic mass is 10.4. The summed E-state index contributed by atoms with van der Waals surface area (Å²) in [5.41, 5.74) is 1.31. The van der Waals surface area contributed by atoms with Gasteiger partial charge in [0.05, 0.1) is 0 Å². The van der Waals surface area contributed by atoms with E-state index in [0.29, 0.717) is 5.52 Å². The number of hydrogen-bond donors (Lipinski definition) is 2. The molecule has 0 aliphatic carbocycles. The van der Waals surface area contributed by atoms with E-state index in [4.69, 9.17) is 0 Å². The van der Waals surface area contributed by atoms with Crippen LogP contribution in [0.1, 0.15) is 0 Å². The molecule has 0 fully saturated rings. The Morgan fingerprint density at radius 1 is 1.40 bits per heavy atom. The Bertz CT molecular complexity index is 400. The average molecular weight is 136 g/mol. The van der Waals surface area contributed by atoms with Crippen LogP contribution in [0.25, 0.3) is 11.0 Å². The highest BCUT2D eigenvalue weighted by Crippen LogP contribution is 1.94. The molecule has 0 amide bonds. The van der Waals surface area contributed by atoms with Crippen molar-refractivity contribution >= 4 is 11.0 Å². The molecule has 2 rings (SSSR count). The number of aromatic amines is 3. The maximum Gasteiger partial charge on any atom is 0.299 e. The summed E-state index contributed by atoms with van der Waals surface area (Å²) < 4.78 is 0. The van der Waals surface area contributed by atoms with Gasteiger partial charge < -0.3 is 4.98 Å². The van der Waals surface area contributed by atoms with E-state index in [1.54, 1.807) is 18.6 Å². The minimum Gasteiger partial charge on any atom is -0.325 e. The Morgan fingerprint density at radius 3 is 3.10 bits per heavy atom. The molecule has 0 radical (unpaired) electrons. The van der Waals surface area contributed by atoms with Crippen molar-refractivity contribution < 1.29 is 4.98 Å². The van der Waals surface area contributed by atoms with Gasteiger partial charge in [-0.1, -0.05) is 0 Å². The summed E-state index contributed by atoms with van der Waals surface area (Å²) in [5, 5.41) is 0. The molecule has 0 aromatic carbocycles. The van der Waals surface area contributed by atoms with Crippen molar-refractivity contribution in [3.8, 4) is 0 Å². The standard InChI is InChI=1S/C6H5N3O/c10-6-5-4(1-2-7-6)8-3-9-5/h1-3H,(H,7,10)(H,8,9)/p+1. The Hall–Kier alpha value is -1.58. The Kier molecular flexibility index (Phi) is 0.887. The molecular formula is C6H6N3O+. The second kappa shape index (κ2) is 1.70. The maximum absolute atomic E-state index is 10.9. The molecule has 2 aromatic heterocycles. The largest absolute Gasteiger partial charge is 0.325 e. The van der Waals surface area contributed by atoms with Gasteiger partial charge in [-0.25, -0.2) is 9.97 Å². The number of nitrogens with one attached hydrogen (secondary N) is 3. The molecule has 0 saturated heterocycles. The van der Waals surface area contributed by atoms with Crippen LogP contribution in [0.15, 0.2) is 23.4 Å². The zero-order valence-corrected chi connectivity index (χ0v) is 5.14. The van der Waals surface area contributed by atoms with Gasteiger partial charge in [0.25, 0.3) is 5.56 Å². The molecule has 4 nitrogen and oxygen atoms in total. The summed E-state index contributed by atoms with van der Waals surface area (Å²) in [6, 6.07) is 1.80. The van der Waals surface area contributed by atoms with Crippen LogP contribution >= 0.6 is 0 Å². The Morgan fingerprint density at radius 2 is 2.30 bits per heavy atom.